The van der Waals surface area contributed by atoms with Crippen LogP contribution in [0.15, 0.2) is 0 Å². The Morgan fingerprint density at radius 3 is 2.16 bits per heavy atom. The van der Waals surface area contributed by atoms with E-state index in [0.29, 0.717) is 6.42 Å². The fourth-order valence-corrected chi connectivity index (χ4v) is 5.76. The van der Waals surface area contributed by atoms with Gasteiger partial charge in [-0.05, 0) is 12.3 Å². The van der Waals surface area contributed by atoms with Crippen molar-refractivity contribution in [3.05, 3.63) is 0 Å². The lowest BCUT2D eigenvalue weighted by Crippen LogP contribution is -2.59. The van der Waals surface area contributed by atoms with Crippen LogP contribution in [0.2, 0.25) is 0 Å². The molecule has 0 radical (unpaired) electrons. The van der Waals surface area contributed by atoms with Gasteiger partial charge >= 0.3 is 11.9 Å². The Kier molecular flexibility index (Phi) is 6.88. The summed E-state index contributed by atoms with van der Waals surface area (Å²) in [4.78, 5) is 34.7. The number of carboxylic acid groups (broad SMARTS) is 1. The van der Waals surface area contributed by atoms with E-state index in [9.17, 15) is 19.5 Å². The van der Waals surface area contributed by atoms with Crippen LogP contribution in [-0.4, -0.2) is 62.9 Å². The second-order valence-electron chi connectivity index (χ2n) is 7.38. The van der Waals surface area contributed by atoms with Crippen LogP contribution in [0.3, 0.4) is 0 Å². The zero-order valence-electron chi connectivity index (χ0n) is 15.2. The van der Waals surface area contributed by atoms with Crippen LogP contribution in [0.4, 0.5) is 0 Å². The molecule has 0 aromatic carbocycles. The minimum absolute atomic E-state index is 0.0606. The average molecular weight is 376 g/mol. The highest BCUT2D eigenvalue weighted by Crippen LogP contribution is 2.60. The number of aliphatic carboxylic acids is 1. The number of aliphatic hydroxyl groups excluding tert-OH is 1. The van der Waals surface area contributed by atoms with Crippen LogP contribution in [0.5, 0.6) is 0 Å². The molecule has 1 aliphatic rings. The number of nitrogens with two attached hydrogens (primary N) is 1. The molecular formula is C16H28N2O6S. The molecule has 0 aliphatic carbocycles. The van der Waals surface area contributed by atoms with Gasteiger partial charge in [0, 0.05) is 9.49 Å². The van der Waals surface area contributed by atoms with E-state index in [-0.39, 0.29) is 15.4 Å². The fourth-order valence-electron chi connectivity index (χ4n) is 3.52. The van der Waals surface area contributed by atoms with Crippen molar-refractivity contribution in [2.75, 3.05) is 7.11 Å². The van der Waals surface area contributed by atoms with Crippen molar-refractivity contribution in [3.63, 3.8) is 0 Å². The van der Waals surface area contributed by atoms with Gasteiger partial charge in [0.25, 0.3) is 0 Å². The first-order valence-electron chi connectivity index (χ1n) is 8.05. The third-order valence-electron chi connectivity index (χ3n) is 4.55. The highest BCUT2D eigenvalue weighted by molar-refractivity contribution is 8.03. The topological polar surface area (TPSA) is 139 Å². The van der Waals surface area contributed by atoms with Crippen molar-refractivity contribution in [2.45, 2.75) is 68.2 Å². The summed E-state index contributed by atoms with van der Waals surface area (Å²) < 4.78 is 4.54. The van der Waals surface area contributed by atoms with Gasteiger partial charge in [0.2, 0.25) is 5.91 Å². The number of carbonyl (C=O) groups is 3. The van der Waals surface area contributed by atoms with Crippen molar-refractivity contribution < 1.29 is 29.3 Å². The second-order valence-corrected chi connectivity index (χ2v) is 9.69. The molecule has 0 aromatic heterocycles. The molecule has 0 aromatic rings. The minimum Gasteiger partial charge on any atom is -0.481 e. The van der Waals surface area contributed by atoms with Gasteiger partial charge in [0.05, 0.1) is 25.7 Å². The van der Waals surface area contributed by atoms with Gasteiger partial charge in [0.15, 0.2) is 6.04 Å². The zero-order valence-corrected chi connectivity index (χ0v) is 16.1. The summed E-state index contributed by atoms with van der Waals surface area (Å²) in [7, 11) is 1.15. The molecule has 5 N–H and O–H groups in total. The summed E-state index contributed by atoms with van der Waals surface area (Å²) in [5, 5.41) is 21.6. The molecule has 1 rings (SSSR count). The molecule has 0 bridgehead atoms. The third kappa shape index (κ3) is 5.32. The van der Waals surface area contributed by atoms with E-state index in [0.717, 1.165) is 7.11 Å². The summed E-state index contributed by atoms with van der Waals surface area (Å²) in [6.45, 7) is 8.26. The quantitative estimate of drug-likeness (QED) is 0.438. The highest BCUT2D eigenvalue weighted by atomic mass is 32.2. The molecule has 1 fully saturated rings. The SMILES string of the molecule is COC(=O)C(NC(=O)[C@@H](N)CC(=O)O)C(O)CC1C(C)(C)SC1(C)C. The van der Waals surface area contributed by atoms with Gasteiger partial charge in [-0.1, -0.05) is 27.7 Å². The Labute approximate surface area is 151 Å². The van der Waals surface area contributed by atoms with Crippen LogP contribution >= 0.6 is 11.8 Å². The molecular weight excluding hydrogens is 348 g/mol. The number of esters is 1. The molecule has 144 valence electrons. The average Bonchev–Trinajstić information content (AvgIpc) is 2.46. The predicted octanol–water partition coefficient (Wildman–Crippen LogP) is 0.117. The normalized spacial score (nSPS) is 22.2. The molecule has 9 heteroatoms. The molecule has 1 amide bonds. The first-order valence-corrected chi connectivity index (χ1v) is 8.87. The Morgan fingerprint density at radius 2 is 1.76 bits per heavy atom. The molecule has 0 saturated carbocycles. The summed E-state index contributed by atoms with van der Waals surface area (Å²) >= 11 is 1.79. The number of amides is 1. The standard InChI is InChI=1S/C16H28N2O6S/c1-15(2)10(16(3,4)25-15)7-9(19)12(14(23)24-5)18-13(22)8(17)6-11(20)21/h8-10,12,19H,6-7,17H2,1-5H3,(H,18,22)(H,20,21)/t8-,9?,12?/m0/s1. The van der Waals surface area contributed by atoms with Gasteiger partial charge in [0.1, 0.15) is 0 Å². The van der Waals surface area contributed by atoms with Crippen LogP contribution < -0.4 is 11.1 Å². The predicted molar refractivity (Wildman–Crippen MR) is 94.0 cm³/mol. The van der Waals surface area contributed by atoms with E-state index in [1.807, 2.05) is 0 Å². The smallest absolute Gasteiger partial charge is 0.331 e. The van der Waals surface area contributed by atoms with Crippen molar-refractivity contribution in [1.29, 1.82) is 0 Å². The van der Waals surface area contributed by atoms with Gasteiger partial charge in [-0.25, -0.2) is 4.79 Å². The molecule has 2 unspecified atom stereocenters. The van der Waals surface area contributed by atoms with Gasteiger partial charge in [-0.3, -0.25) is 9.59 Å². The van der Waals surface area contributed by atoms with Gasteiger partial charge in [-0.15, -0.1) is 11.8 Å². The second kappa shape index (κ2) is 7.92. The zero-order chi connectivity index (χ0) is 19.6. The van der Waals surface area contributed by atoms with E-state index in [2.05, 4.69) is 37.7 Å². The van der Waals surface area contributed by atoms with Crippen molar-refractivity contribution in [3.8, 4) is 0 Å². The van der Waals surface area contributed by atoms with E-state index in [4.69, 9.17) is 10.8 Å². The van der Waals surface area contributed by atoms with Gasteiger partial charge < -0.3 is 26.0 Å². The molecule has 0 spiro atoms. The van der Waals surface area contributed by atoms with Crippen LogP contribution in [0.1, 0.15) is 40.5 Å². The number of hydrogen-bond donors (Lipinski definition) is 4. The Bertz CT molecular complexity index is 523. The molecule has 8 nitrogen and oxygen atoms in total. The molecule has 1 heterocycles. The summed E-state index contributed by atoms with van der Waals surface area (Å²) in [6, 6.07) is -2.61. The number of rotatable bonds is 8. The Hall–Kier alpha value is -1.32. The van der Waals surface area contributed by atoms with Crippen molar-refractivity contribution >= 4 is 29.6 Å². The molecule has 3 atom stereocenters. The molecule has 1 saturated heterocycles. The Morgan fingerprint density at radius 1 is 1.24 bits per heavy atom. The number of thioether (sulfide) groups is 1. The summed E-state index contributed by atoms with van der Waals surface area (Å²) in [5.41, 5.74) is 5.50. The van der Waals surface area contributed by atoms with Crippen LogP contribution in [0.25, 0.3) is 0 Å². The Balaban J connectivity index is 2.83. The number of hydrogen-bond acceptors (Lipinski definition) is 7. The lowest BCUT2D eigenvalue weighted by Gasteiger charge is -2.57. The van der Waals surface area contributed by atoms with E-state index < -0.39 is 42.5 Å². The maximum absolute atomic E-state index is 12.0. The van der Waals surface area contributed by atoms with E-state index in [1.54, 1.807) is 11.8 Å². The third-order valence-corrected chi connectivity index (χ3v) is 6.17. The fraction of sp³-hybridized carbons (Fsp3) is 0.812. The molecule has 25 heavy (non-hydrogen) atoms. The first kappa shape index (κ1) is 21.7. The number of aliphatic hydroxyl groups is 1. The largest absolute Gasteiger partial charge is 0.481 e. The maximum Gasteiger partial charge on any atom is 0.331 e. The number of carbonyl (C=O) groups excluding carboxylic acids is 2. The molecule has 1 aliphatic heterocycles. The first-order chi connectivity index (χ1) is 11.3. The van der Waals surface area contributed by atoms with Gasteiger partial charge in [-0.2, -0.15) is 0 Å². The number of methoxy groups -OCH3 is 1. The summed E-state index contributed by atoms with van der Waals surface area (Å²) in [5.74, 6) is -2.73. The van der Waals surface area contributed by atoms with E-state index in [1.165, 1.54) is 0 Å². The lowest BCUT2D eigenvalue weighted by atomic mass is 9.77. The number of ether oxygens (including phenoxy) is 1. The van der Waals surface area contributed by atoms with Crippen molar-refractivity contribution in [1.82, 2.24) is 5.32 Å². The highest BCUT2D eigenvalue weighted by Gasteiger charge is 2.54. The number of carboxylic acids is 1. The van der Waals surface area contributed by atoms with E-state index >= 15 is 0 Å². The lowest BCUT2D eigenvalue weighted by molar-refractivity contribution is -0.149. The van der Waals surface area contributed by atoms with Crippen LogP contribution in [0, 0.1) is 5.92 Å². The van der Waals surface area contributed by atoms with Crippen LogP contribution in [-0.2, 0) is 19.1 Å². The number of nitrogens with one attached hydrogen (secondary N) is 1. The maximum atomic E-state index is 12.0. The summed E-state index contributed by atoms with van der Waals surface area (Å²) in [6.07, 6.45) is -1.45. The monoisotopic (exact) mass is 376 g/mol. The van der Waals surface area contributed by atoms with Crippen molar-refractivity contribution in [2.24, 2.45) is 11.7 Å². The minimum atomic E-state index is -1.32.